The number of benzene rings is 9. The molecule has 0 amide bonds. The van der Waals surface area contributed by atoms with Crippen molar-refractivity contribution in [1.82, 2.24) is 0 Å². The Hall–Kier alpha value is -7.22. The van der Waals surface area contributed by atoms with Crippen LogP contribution in [0.4, 0.5) is 11.4 Å². The van der Waals surface area contributed by atoms with Crippen LogP contribution >= 0.6 is 0 Å². The minimum Gasteiger partial charge on any atom is -0.331 e. The summed E-state index contributed by atoms with van der Waals surface area (Å²) < 4.78 is 0. The molecule has 2 aliphatic rings. The van der Waals surface area contributed by atoms with E-state index in [9.17, 15) is 0 Å². The van der Waals surface area contributed by atoms with Crippen LogP contribution < -0.4 is 4.90 Å². The van der Waals surface area contributed by atoms with E-state index in [0.717, 1.165) is 5.69 Å². The van der Waals surface area contributed by atoms with Crippen molar-refractivity contribution in [3.05, 3.63) is 236 Å². The molecule has 2 atom stereocenters. The van der Waals surface area contributed by atoms with Gasteiger partial charge < -0.3 is 4.90 Å². The normalized spacial score (nSPS) is 17.5. The first-order valence-electron chi connectivity index (χ1n) is 21.5. The number of hydrogen-bond donors (Lipinski definition) is 0. The molecule has 9 aromatic rings. The summed E-state index contributed by atoms with van der Waals surface area (Å²) in [5, 5.41) is 5.12. The fourth-order valence-electron chi connectivity index (χ4n) is 10.9. The molecule has 11 rings (SSSR count). The second-order valence-electron chi connectivity index (χ2n) is 17.5. The predicted octanol–water partition coefficient (Wildman–Crippen LogP) is 16.1. The third-order valence-corrected chi connectivity index (χ3v) is 13.6. The Morgan fingerprint density at radius 2 is 0.967 bits per heavy atom. The van der Waals surface area contributed by atoms with Crippen LogP contribution in [0.2, 0.25) is 0 Å². The van der Waals surface area contributed by atoms with Crippen LogP contribution in [0.5, 0.6) is 0 Å². The van der Waals surface area contributed by atoms with E-state index in [1.165, 1.54) is 88.4 Å². The second kappa shape index (κ2) is 14.5. The van der Waals surface area contributed by atoms with Gasteiger partial charge in [-0.3, -0.25) is 0 Å². The predicted molar refractivity (Wildman–Crippen MR) is 260 cm³/mol. The highest BCUT2D eigenvalue weighted by Crippen LogP contribution is 2.59. The van der Waals surface area contributed by atoms with E-state index < -0.39 is 0 Å². The van der Waals surface area contributed by atoms with Gasteiger partial charge in [0.05, 0.1) is 5.54 Å². The smallest absolute Gasteiger partial charge is 0.0685 e. The van der Waals surface area contributed by atoms with Crippen LogP contribution in [0.1, 0.15) is 31.9 Å². The molecule has 0 aliphatic heterocycles. The Morgan fingerprint density at radius 1 is 0.393 bits per heavy atom. The molecule has 0 N–H and O–H groups in total. The summed E-state index contributed by atoms with van der Waals surface area (Å²) in [6.07, 6.45) is 7.10. The maximum Gasteiger partial charge on any atom is 0.0685 e. The van der Waals surface area contributed by atoms with Gasteiger partial charge in [0.2, 0.25) is 0 Å². The number of nitrogens with zero attached hydrogens (tertiary/aromatic N) is 1. The van der Waals surface area contributed by atoms with Crippen LogP contribution in [0.25, 0.3) is 71.6 Å². The molecule has 61 heavy (non-hydrogen) atoms. The fraction of sp³-hybridized carbons (Fsp3) is 0.100. The van der Waals surface area contributed by atoms with Gasteiger partial charge in [-0.25, -0.2) is 0 Å². The zero-order valence-corrected chi connectivity index (χ0v) is 34.9. The van der Waals surface area contributed by atoms with Gasteiger partial charge in [0.25, 0.3) is 0 Å². The number of hydrogen-bond acceptors (Lipinski definition) is 1. The average molecular weight is 782 g/mol. The van der Waals surface area contributed by atoms with Gasteiger partial charge in [-0.1, -0.05) is 208 Å². The molecule has 0 radical (unpaired) electrons. The molecular weight excluding hydrogens is 735 g/mol. The zero-order valence-electron chi connectivity index (χ0n) is 34.9. The molecule has 0 saturated carbocycles. The quantitative estimate of drug-likeness (QED) is 0.146. The van der Waals surface area contributed by atoms with Crippen molar-refractivity contribution in [3.63, 3.8) is 0 Å². The standard InChI is InChI=1S/C60H47N/c1-59(2)57-26-13-12-22-54(57)55-25-15-39-60(3,58(55)59)61(48-35-29-45(30-36-48)50-23-14-24-52-49-21-11-10-20-44(49)31-38-53(50)52)47-33-27-41(28-34-47)46-32-37-51(42-16-6-4-7-17-42)56(40-46)43-18-8-5-9-19-43/h4-40,58H,1-3H3. The van der Waals surface area contributed by atoms with Gasteiger partial charge >= 0.3 is 0 Å². The highest BCUT2D eigenvalue weighted by molar-refractivity contribution is 6.12. The monoisotopic (exact) mass is 781 g/mol. The van der Waals surface area contributed by atoms with Crippen LogP contribution in [-0.2, 0) is 5.41 Å². The van der Waals surface area contributed by atoms with Gasteiger partial charge in [-0.15, -0.1) is 0 Å². The molecule has 0 fully saturated rings. The van der Waals surface area contributed by atoms with Crippen molar-refractivity contribution in [1.29, 1.82) is 0 Å². The highest BCUT2D eigenvalue weighted by atomic mass is 15.2. The first kappa shape index (κ1) is 36.8. The Labute approximate surface area is 359 Å². The maximum absolute atomic E-state index is 2.60. The van der Waals surface area contributed by atoms with E-state index in [0.29, 0.717) is 0 Å². The van der Waals surface area contributed by atoms with Crippen molar-refractivity contribution in [2.45, 2.75) is 31.7 Å². The minimum absolute atomic E-state index is 0.0971. The van der Waals surface area contributed by atoms with E-state index in [1.807, 2.05) is 0 Å². The van der Waals surface area contributed by atoms with Crippen molar-refractivity contribution >= 4 is 38.5 Å². The highest BCUT2D eigenvalue weighted by Gasteiger charge is 2.54. The number of anilines is 2. The molecule has 0 saturated heterocycles. The van der Waals surface area contributed by atoms with Crippen LogP contribution in [0, 0.1) is 5.92 Å². The second-order valence-corrected chi connectivity index (χ2v) is 17.5. The molecule has 1 nitrogen and oxygen atoms in total. The van der Waals surface area contributed by atoms with Crippen LogP contribution in [0.15, 0.2) is 224 Å². The largest absolute Gasteiger partial charge is 0.331 e. The first-order chi connectivity index (χ1) is 29.9. The van der Waals surface area contributed by atoms with Gasteiger partial charge in [-0.2, -0.15) is 0 Å². The van der Waals surface area contributed by atoms with Crippen molar-refractivity contribution < 1.29 is 0 Å². The van der Waals surface area contributed by atoms with Crippen molar-refractivity contribution in [2.75, 3.05) is 4.90 Å². The first-order valence-corrected chi connectivity index (χ1v) is 21.5. The van der Waals surface area contributed by atoms with Crippen molar-refractivity contribution in [2.24, 2.45) is 5.92 Å². The molecule has 0 heterocycles. The molecule has 9 aromatic carbocycles. The summed E-state index contributed by atoms with van der Waals surface area (Å²) in [5.41, 5.74) is 15.8. The van der Waals surface area contributed by atoms with Gasteiger partial charge in [-0.05, 0) is 125 Å². The SMILES string of the molecule is CC1(C)c2ccccc2C2=CC=CC(C)(N(c3ccc(-c4ccc(-c5ccccc5)c(-c5ccccc5)c4)cc3)c3ccc(-c4cccc5c4ccc4ccccc45)cc3)C21. The fourth-order valence-corrected chi connectivity index (χ4v) is 10.9. The molecule has 0 aromatic heterocycles. The number of allylic oxidation sites excluding steroid dienone is 2. The zero-order chi connectivity index (χ0) is 41.1. The lowest BCUT2D eigenvalue weighted by Crippen LogP contribution is -2.53. The van der Waals surface area contributed by atoms with Crippen molar-refractivity contribution in [3.8, 4) is 44.5 Å². The summed E-state index contributed by atoms with van der Waals surface area (Å²) in [6.45, 7) is 7.32. The Morgan fingerprint density at radius 3 is 1.70 bits per heavy atom. The lowest BCUT2D eigenvalue weighted by Gasteiger charge is -2.51. The van der Waals surface area contributed by atoms with E-state index >= 15 is 0 Å². The topological polar surface area (TPSA) is 3.24 Å². The van der Waals surface area contributed by atoms with E-state index in [4.69, 9.17) is 0 Å². The molecule has 2 aliphatic carbocycles. The summed E-state index contributed by atoms with van der Waals surface area (Å²) in [5.74, 6) is 0.215. The summed E-state index contributed by atoms with van der Waals surface area (Å²) in [6, 6.07) is 76.0. The Kier molecular flexibility index (Phi) is 8.76. The van der Waals surface area contributed by atoms with Gasteiger partial charge in [0.15, 0.2) is 0 Å². The molecule has 0 bridgehead atoms. The van der Waals surface area contributed by atoms with Crippen LogP contribution in [-0.4, -0.2) is 5.54 Å². The Bertz CT molecular complexity index is 3150. The van der Waals surface area contributed by atoms with Gasteiger partial charge in [0, 0.05) is 17.3 Å². The molecular formula is C60H47N. The van der Waals surface area contributed by atoms with Gasteiger partial charge in [0.1, 0.15) is 0 Å². The van der Waals surface area contributed by atoms with E-state index in [2.05, 4.69) is 250 Å². The van der Waals surface area contributed by atoms with Crippen LogP contribution in [0.3, 0.4) is 0 Å². The third-order valence-electron chi connectivity index (χ3n) is 13.6. The third kappa shape index (κ3) is 6.07. The summed E-state index contributed by atoms with van der Waals surface area (Å²) >= 11 is 0. The molecule has 1 heteroatoms. The molecule has 2 unspecified atom stereocenters. The number of fused-ring (bicyclic) bond motifs is 6. The number of rotatable bonds is 7. The minimum atomic E-state index is -0.383. The molecule has 0 spiro atoms. The van der Waals surface area contributed by atoms with E-state index in [1.54, 1.807) is 0 Å². The van der Waals surface area contributed by atoms with E-state index in [-0.39, 0.29) is 16.9 Å². The average Bonchev–Trinajstić information content (AvgIpc) is 3.56. The molecule has 292 valence electrons. The summed E-state index contributed by atoms with van der Waals surface area (Å²) in [7, 11) is 0. The lowest BCUT2D eigenvalue weighted by molar-refractivity contribution is 0.303. The maximum atomic E-state index is 2.60. The lowest BCUT2D eigenvalue weighted by atomic mass is 9.65. The summed E-state index contributed by atoms with van der Waals surface area (Å²) in [4.78, 5) is 2.60. The Balaban J connectivity index is 1.03.